The molecular weight excluding hydrogens is 196 g/mol. The van der Waals surface area contributed by atoms with E-state index in [2.05, 4.69) is 18.8 Å². The van der Waals surface area contributed by atoms with Gasteiger partial charge in [0.15, 0.2) is 0 Å². The van der Waals surface area contributed by atoms with Gasteiger partial charge >= 0.3 is 0 Å². The Morgan fingerprint density at radius 2 is 1.75 bits per heavy atom. The lowest BCUT2D eigenvalue weighted by molar-refractivity contribution is 0.735. The smallest absolute Gasteiger partial charge is 0.136 e. The molecule has 0 N–H and O–H groups in total. The van der Waals surface area contributed by atoms with E-state index in [-0.39, 0.29) is 0 Å². The minimum atomic E-state index is 0.466. The van der Waals surface area contributed by atoms with Gasteiger partial charge in [0.1, 0.15) is 11.8 Å². The molecule has 1 atom stereocenters. The fourth-order valence-corrected chi connectivity index (χ4v) is 0.750. The number of hydrogen-bond acceptors (Lipinski definition) is 2. The van der Waals surface area contributed by atoms with Crippen LogP contribution in [0.2, 0.25) is 0 Å². The van der Waals surface area contributed by atoms with Crippen LogP contribution < -0.4 is 0 Å². The monoisotopic (exact) mass is 224 g/mol. The van der Waals surface area contributed by atoms with Crippen LogP contribution in [0.4, 0.5) is 0 Å². The molecule has 0 aliphatic carbocycles. The van der Waals surface area contributed by atoms with Crippen molar-refractivity contribution in [2.75, 3.05) is 0 Å². The molecule has 0 radical (unpaired) electrons. The summed E-state index contributed by atoms with van der Waals surface area (Å²) in [5.41, 5.74) is 1.54. The van der Waals surface area contributed by atoms with Crippen molar-refractivity contribution in [2.24, 2.45) is 10.9 Å². The molecule has 1 unspecified atom stereocenters. The van der Waals surface area contributed by atoms with Gasteiger partial charge in [-0.25, -0.2) is 4.99 Å². The third-order valence-corrected chi connectivity index (χ3v) is 2.01. The maximum atomic E-state index is 8.60. The van der Waals surface area contributed by atoms with E-state index in [1.807, 2.05) is 47.6 Å². The third-order valence-electron chi connectivity index (χ3n) is 2.01. The van der Waals surface area contributed by atoms with Crippen LogP contribution in [0.5, 0.6) is 0 Å². The Morgan fingerprint density at radius 3 is 2.00 bits per heavy atom. The summed E-state index contributed by atoms with van der Waals surface area (Å²) in [6.45, 7) is 16.0. The second-order valence-corrected chi connectivity index (χ2v) is 2.85. The van der Waals surface area contributed by atoms with Crippen LogP contribution in [0.25, 0.3) is 0 Å². The number of nitrogens with zero attached hydrogens (tertiary/aromatic N) is 2. The normalized spacial score (nSPS) is 12.4. The lowest BCUT2D eigenvalue weighted by atomic mass is 10.0. The van der Waals surface area contributed by atoms with Crippen molar-refractivity contribution >= 4 is 5.71 Å². The summed E-state index contributed by atoms with van der Waals surface area (Å²) in [7, 11) is 0. The SMILES string of the molecule is C/C=C(/C#N)N=C(C)C(C)CC.CC.CC. The lowest BCUT2D eigenvalue weighted by Crippen LogP contribution is -2.05. The Kier molecular flexibility index (Phi) is 20.8. The summed E-state index contributed by atoms with van der Waals surface area (Å²) in [6.07, 6.45) is 2.80. The molecule has 0 fully saturated rings. The minimum Gasteiger partial charge on any atom is -0.247 e. The first kappa shape index (κ1) is 20.3. The molecule has 0 spiro atoms. The Balaban J connectivity index is -0.000000376. The van der Waals surface area contributed by atoms with Gasteiger partial charge in [0.05, 0.1) is 0 Å². The Morgan fingerprint density at radius 1 is 1.31 bits per heavy atom. The Labute approximate surface area is 102 Å². The quantitative estimate of drug-likeness (QED) is 0.492. The standard InChI is InChI=1S/C10H16N2.2C2H6/c1-5-8(3)9(4)12-10(6-2)7-11;2*1-2/h6,8H,5H2,1-4H3;2*1-2H3/b10-6-,12-9?;;. The molecule has 0 bridgehead atoms. The molecule has 0 heterocycles. The molecule has 0 amide bonds. The van der Waals surface area contributed by atoms with Crippen LogP contribution >= 0.6 is 0 Å². The number of aliphatic imine (C=N–C) groups is 1. The van der Waals surface area contributed by atoms with Crippen LogP contribution in [0.3, 0.4) is 0 Å². The molecule has 16 heavy (non-hydrogen) atoms. The third kappa shape index (κ3) is 11.0. The lowest BCUT2D eigenvalue weighted by Gasteiger charge is -2.06. The van der Waals surface area contributed by atoms with Gasteiger partial charge in [0, 0.05) is 5.71 Å². The molecule has 0 saturated carbocycles. The molecule has 94 valence electrons. The number of rotatable bonds is 3. The zero-order valence-corrected chi connectivity index (χ0v) is 12.3. The second kappa shape index (κ2) is 16.3. The van der Waals surface area contributed by atoms with E-state index in [0.29, 0.717) is 11.6 Å². The van der Waals surface area contributed by atoms with Gasteiger partial charge in [-0.15, -0.1) is 0 Å². The average Bonchev–Trinajstić information content (AvgIpc) is 2.39. The van der Waals surface area contributed by atoms with Gasteiger partial charge in [-0.3, -0.25) is 0 Å². The first-order chi connectivity index (χ1) is 7.65. The molecule has 0 aliphatic rings. The zero-order valence-electron chi connectivity index (χ0n) is 12.3. The van der Waals surface area contributed by atoms with Crippen molar-refractivity contribution in [3.63, 3.8) is 0 Å². The maximum absolute atomic E-state index is 8.60. The summed E-state index contributed by atoms with van der Waals surface area (Å²) in [5, 5.41) is 8.60. The Bertz CT molecular complexity index is 232. The van der Waals surface area contributed by atoms with E-state index in [0.717, 1.165) is 12.1 Å². The van der Waals surface area contributed by atoms with Gasteiger partial charge in [0.25, 0.3) is 0 Å². The fourth-order valence-electron chi connectivity index (χ4n) is 0.750. The highest BCUT2D eigenvalue weighted by atomic mass is 14.8. The van der Waals surface area contributed by atoms with Crippen LogP contribution in [-0.4, -0.2) is 5.71 Å². The van der Waals surface area contributed by atoms with Crippen molar-refractivity contribution in [2.45, 2.75) is 61.8 Å². The van der Waals surface area contributed by atoms with Crippen molar-refractivity contribution in [3.05, 3.63) is 11.8 Å². The van der Waals surface area contributed by atoms with E-state index < -0.39 is 0 Å². The van der Waals surface area contributed by atoms with E-state index in [4.69, 9.17) is 5.26 Å². The van der Waals surface area contributed by atoms with Crippen LogP contribution in [0, 0.1) is 17.2 Å². The first-order valence-electron chi connectivity index (χ1n) is 6.27. The molecule has 0 aromatic heterocycles. The van der Waals surface area contributed by atoms with Crippen LogP contribution in [0.15, 0.2) is 16.8 Å². The van der Waals surface area contributed by atoms with E-state index >= 15 is 0 Å². The highest BCUT2D eigenvalue weighted by molar-refractivity contribution is 5.85. The average molecular weight is 224 g/mol. The summed E-state index contributed by atoms with van der Waals surface area (Å²) in [4.78, 5) is 4.20. The molecule has 0 aromatic carbocycles. The van der Waals surface area contributed by atoms with Gasteiger partial charge in [-0.2, -0.15) is 5.26 Å². The van der Waals surface area contributed by atoms with E-state index in [9.17, 15) is 0 Å². The molecule has 0 saturated heterocycles. The van der Waals surface area contributed by atoms with Crippen molar-refractivity contribution in [3.8, 4) is 6.07 Å². The van der Waals surface area contributed by atoms with Crippen LogP contribution in [0.1, 0.15) is 61.8 Å². The summed E-state index contributed by atoms with van der Waals surface area (Å²) >= 11 is 0. The fraction of sp³-hybridized carbons (Fsp3) is 0.714. The van der Waals surface area contributed by atoms with E-state index in [1.54, 1.807) is 6.08 Å². The number of allylic oxidation sites excluding steroid dienone is 2. The van der Waals surface area contributed by atoms with Crippen molar-refractivity contribution in [1.82, 2.24) is 0 Å². The topological polar surface area (TPSA) is 36.1 Å². The molecular formula is C14H28N2. The number of nitriles is 1. The maximum Gasteiger partial charge on any atom is 0.136 e. The molecule has 0 aromatic rings. The second-order valence-electron chi connectivity index (χ2n) is 2.85. The van der Waals surface area contributed by atoms with Gasteiger partial charge in [-0.1, -0.05) is 47.6 Å². The molecule has 0 rings (SSSR count). The van der Waals surface area contributed by atoms with Crippen molar-refractivity contribution in [1.29, 1.82) is 5.26 Å². The van der Waals surface area contributed by atoms with Crippen LogP contribution in [-0.2, 0) is 0 Å². The summed E-state index contributed by atoms with van der Waals surface area (Å²) in [6, 6.07) is 2.04. The molecule has 2 heteroatoms. The predicted molar refractivity (Wildman–Crippen MR) is 74.6 cm³/mol. The van der Waals surface area contributed by atoms with Gasteiger partial charge < -0.3 is 0 Å². The highest BCUT2D eigenvalue weighted by Crippen LogP contribution is 2.06. The minimum absolute atomic E-state index is 0.466. The number of hydrogen-bond donors (Lipinski definition) is 0. The molecule has 0 aliphatic heterocycles. The van der Waals surface area contributed by atoms with Gasteiger partial charge in [0.2, 0.25) is 0 Å². The zero-order chi connectivity index (χ0) is 13.6. The summed E-state index contributed by atoms with van der Waals surface area (Å²) in [5.74, 6) is 0.466. The Hall–Kier alpha value is -1.10. The summed E-state index contributed by atoms with van der Waals surface area (Å²) < 4.78 is 0. The van der Waals surface area contributed by atoms with Gasteiger partial charge in [-0.05, 0) is 26.2 Å². The molecule has 2 nitrogen and oxygen atoms in total. The predicted octanol–water partition coefficient (Wildman–Crippen LogP) is 4.97. The highest BCUT2D eigenvalue weighted by Gasteiger charge is 2.02. The van der Waals surface area contributed by atoms with Crippen molar-refractivity contribution < 1.29 is 0 Å². The largest absolute Gasteiger partial charge is 0.247 e. The van der Waals surface area contributed by atoms with E-state index in [1.165, 1.54) is 0 Å². The first-order valence-corrected chi connectivity index (χ1v) is 6.27.